The Labute approximate surface area is 223 Å². The Bertz CT molecular complexity index is 1550. The molecule has 0 atom stereocenters. The molecule has 0 radical (unpaired) electrons. The minimum atomic E-state index is -0.778. The molecule has 1 aliphatic rings. The van der Waals surface area contributed by atoms with Gasteiger partial charge in [-0.2, -0.15) is 0 Å². The molecule has 200 valence electrons. The summed E-state index contributed by atoms with van der Waals surface area (Å²) in [6.45, 7) is -0.527. The van der Waals surface area contributed by atoms with Crippen LogP contribution in [-0.4, -0.2) is 39.8 Å². The number of carbonyl (C=O) groups excluding carboxylic acids is 3. The van der Waals surface area contributed by atoms with Crippen molar-refractivity contribution in [2.24, 2.45) is 0 Å². The number of esters is 1. The molecule has 3 aromatic rings. The molecule has 0 saturated carbocycles. The summed E-state index contributed by atoms with van der Waals surface area (Å²) in [7, 11) is 1.17. The summed E-state index contributed by atoms with van der Waals surface area (Å²) in [5.41, 5.74) is -0.386. The summed E-state index contributed by atoms with van der Waals surface area (Å²) in [4.78, 5) is 59.0. The van der Waals surface area contributed by atoms with E-state index in [4.69, 9.17) is 20.8 Å². The van der Waals surface area contributed by atoms with Gasteiger partial charge in [-0.05, 0) is 35.4 Å². The maximum Gasteiger partial charge on any atom is 0.373 e. The Kier molecular flexibility index (Phi) is 7.58. The van der Waals surface area contributed by atoms with Gasteiger partial charge >= 0.3 is 17.7 Å². The summed E-state index contributed by atoms with van der Waals surface area (Å²) < 4.78 is 15.4. The Hall–Kier alpha value is -5.24. The van der Waals surface area contributed by atoms with Crippen LogP contribution in [0.4, 0.5) is 16.2 Å². The van der Waals surface area contributed by atoms with E-state index in [1.54, 1.807) is 6.07 Å². The predicted octanol–water partition coefficient (Wildman–Crippen LogP) is 4.21. The number of nitrogens with zero attached hydrogens (tertiary/aromatic N) is 3. The first kappa shape index (κ1) is 26.8. The third-order valence-corrected chi connectivity index (χ3v) is 5.66. The second kappa shape index (κ2) is 11.0. The van der Waals surface area contributed by atoms with E-state index in [1.807, 2.05) is 0 Å². The van der Waals surface area contributed by atoms with Crippen molar-refractivity contribution in [2.75, 3.05) is 7.11 Å². The first-order chi connectivity index (χ1) is 18.6. The van der Waals surface area contributed by atoms with Crippen molar-refractivity contribution in [3.63, 3.8) is 0 Å². The van der Waals surface area contributed by atoms with Gasteiger partial charge in [0.1, 0.15) is 18.1 Å². The molecular formula is C24H17ClN4O10. The van der Waals surface area contributed by atoms with E-state index in [9.17, 15) is 34.6 Å². The molecule has 1 fully saturated rings. The molecule has 3 amide bonds. The minimum Gasteiger partial charge on any atom is -0.481 e. The summed E-state index contributed by atoms with van der Waals surface area (Å²) in [6.07, 6.45) is 1.20. The number of imide groups is 1. The number of methoxy groups -OCH3 is 1. The minimum absolute atomic E-state index is 0.106. The number of rotatable bonds is 9. The van der Waals surface area contributed by atoms with Crippen molar-refractivity contribution < 1.29 is 38.1 Å². The number of carbonyl (C=O) groups is 3. The molecule has 0 aliphatic carbocycles. The number of amides is 3. The molecular weight excluding hydrogens is 540 g/mol. The molecule has 1 N–H and O–H groups in total. The van der Waals surface area contributed by atoms with Gasteiger partial charge in [0.2, 0.25) is 11.5 Å². The lowest BCUT2D eigenvalue weighted by molar-refractivity contribution is -0.386. The second-order valence-corrected chi connectivity index (χ2v) is 8.37. The fourth-order valence-corrected chi connectivity index (χ4v) is 3.86. The van der Waals surface area contributed by atoms with Crippen molar-refractivity contribution in [1.82, 2.24) is 10.2 Å². The second-order valence-electron chi connectivity index (χ2n) is 7.96. The van der Waals surface area contributed by atoms with Crippen LogP contribution in [-0.2, 0) is 22.7 Å². The molecule has 39 heavy (non-hydrogen) atoms. The number of urea groups is 1. The first-order valence-corrected chi connectivity index (χ1v) is 11.3. The predicted molar refractivity (Wildman–Crippen MR) is 133 cm³/mol. The van der Waals surface area contributed by atoms with E-state index < -0.39 is 33.4 Å². The van der Waals surface area contributed by atoms with Crippen LogP contribution in [0.2, 0.25) is 5.02 Å². The Morgan fingerprint density at radius 3 is 2.59 bits per heavy atom. The lowest BCUT2D eigenvalue weighted by atomic mass is 10.1. The molecule has 1 saturated heterocycles. The van der Waals surface area contributed by atoms with Gasteiger partial charge in [0.15, 0.2) is 0 Å². The number of ether oxygens (including phenoxy) is 2. The van der Waals surface area contributed by atoms with Crippen molar-refractivity contribution in [2.45, 2.75) is 13.2 Å². The SMILES string of the molecule is COC(=O)c1ccc(CN2C(=O)N/C(=C\c3cc(Cl)c(OCc4cccc([N+](=O)[O-])c4)c([N+](=O)[O-])c3)C2=O)o1. The third-order valence-electron chi connectivity index (χ3n) is 5.38. The van der Waals surface area contributed by atoms with Gasteiger partial charge in [-0.1, -0.05) is 23.7 Å². The van der Waals surface area contributed by atoms with Gasteiger partial charge in [-0.25, -0.2) is 9.59 Å². The first-order valence-electron chi connectivity index (χ1n) is 10.9. The molecule has 2 aromatic carbocycles. The summed E-state index contributed by atoms with van der Waals surface area (Å²) in [5.74, 6) is -1.72. The Balaban J connectivity index is 1.54. The number of non-ortho nitro benzene ring substituents is 1. The number of nitro groups is 2. The van der Waals surface area contributed by atoms with E-state index >= 15 is 0 Å². The van der Waals surface area contributed by atoms with Crippen LogP contribution in [0.25, 0.3) is 6.08 Å². The van der Waals surface area contributed by atoms with Crippen LogP contribution in [0.3, 0.4) is 0 Å². The van der Waals surface area contributed by atoms with Crippen LogP contribution in [0.15, 0.2) is 58.6 Å². The van der Waals surface area contributed by atoms with E-state index in [0.717, 1.165) is 11.0 Å². The standard InChI is InChI=1S/C24H17ClN4O10/c1-37-23(31)20-6-5-16(39-20)11-27-22(30)18(26-24(27)32)9-14-8-17(25)21(19(10-14)29(35)36)38-12-13-3-2-4-15(7-13)28(33)34/h2-10H,11-12H2,1H3,(H,26,32)/b18-9-. The molecule has 1 aliphatic heterocycles. The van der Waals surface area contributed by atoms with Gasteiger partial charge < -0.3 is 19.2 Å². The lowest BCUT2D eigenvalue weighted by Crippen LogP contribution is -2.30. The smallest absolute Gasteiger partial charge is 0.373 e. The number of nitrogens with one attached hydrogen (secondary N) is 1. The summed E-state index contributed by atoms with van der Waals surface area (Å²) in [6, 6.07) is 9.90. The fourth-order valence-electron chi connectivity index (χ4n) is 3.59. The van der Waals surface area contributed by atoms with Gasteiger partial charge in [0.05, 0.1) is 28.5 Å². The normalized spacial score (nSPS) is 13.9. The maximum absolute atomic E-state index is 12.8. The zero-order valence-corrected chi connectivity index (χ0v) is 20.7. The van der Waals surface area contributed by atoms with Crippen molar-refractivity contribution >= 4 is 47.0 Å². The molecule has 0 unspecified atom stereocenters. The van der Waals surface area contributed by atoms with Crippen LogP contribution in [0.5, 0.6) is 5.75 Å². The molecule has 0 spiro atoms. The van der Waals surface area contributed by atoms with E-state index in [-0.39, 0.29) is 52.4 Å². The zero-order valence-electron chi connectivity index (χ0n) is 19.9. The molecule has 14 nitrogen and oxygen atoms in total. The highest BCUT2D eigenvalue weighted by molar-refractivity contribution is 6.32. The average molecular weight is 557 g/mol. The number of halogens is 1. The monoisotopic (exact) mass is 556 g/mol. The third kappa shape index (κ3) is 5.86. The Morgan fingerprint density at radius 1 is 1.13 bits per heavy atom. The highest BCUT2D eigenvalue weighted by atomic mass is 35.5. The number of furan rings is 1. The molecule has 15 heteroatoms. The van der Waals surface area contributed by atoms with Crippen LogP contribution in [0.1, 0.15) is 27.4 Å². The highest BCUT2D eigenvalue weighted by Gasteiger charge is 2.34. The van der Waals surface area contributed by atoms with Crippen molar-refractivity contribution in [1.29, 1.82) is 0 Å². The highest BCUT2D eigenvalue weighted by Crippen LogP contribution is 2.37. The summed E-state index contributed by atoms with van der Waals surface area (Å²) in [5, 5.41) is 24.9. The van der Waals surface area contributed by atoms with Gasteiger partial charge in [-0.3, -0.25) is 29.9 Å². The maximum atomic E-state index is 12.8. The number of hydrogen-bond acceptors (Lipinski definition) is 10. The quantitative estimate of drug-likeness (QED) is 0.132. The van der Waals surface area contributed by atoms with Crippen LogP contribution < -0.4 is 10.1 Å². The Morgan fingerprint density at radius 2 is 1.90 bits per heavy atom. The largest absolute Gasteiger partial charge is 0.481 e. The van der Waals surface area contributed by atoms with Gasteiger partial charge in [0, 0.05) is 18.2 Å². The average Bonchev–Trinajstić information content (AvgIpc) is 3.47. The number of hydrogen-bond donors (Lipinski definition) is 1. The topological polar surface area (TPSA) is 184 Å². The zero-order chi connectivity index (χ0) is 28.3. The number of nitro benzene ring substituents is 2. The molecule has 4 rings (SSSR count). The van der Waals surface area contributed by atoms with Crippen molar-refractivity contribution in [3.05, 3.63) is 102 Å². The van der Waals surface area contributed by atoms with Gasteiger partial charge in [0.25, 0.3) is 11.6 Å². The van der Waals surface area contributed by atoms with Crippen LogP contribution in [0, 0.1) is 20.2 Å². The van der Waals surface area contributed by atoms with E-state index in [1.165, 1.54) is 49.6 Å². The number of benzene rings is 2. The fraction of sp³-hybridized carbons (Fsp3) is 0.125. The van der Waals surface area contributed by atoms with Gasteiger partial charge in [-0.15, -0.1) is 0 Å². The molecule has 0 bridgehead atoms. The van der Waals surface area contributed by atoms with Crippen molar-refractivity contribution in [3.8, 4) is 5.75 Å². The van der Waals surface area contributed by atoms with Crippen LogP contribution >= 0.6 is 11.6 Å². The molecule has 2 heterocycles. The summed E-state index contributed by atoms with van der Waals surface area (Å²) >= 11 is 6.25. The van der Waals surface area contributed by atoms with E-state index in [2.05, 4.69) is 10.1 Å². The lowest BCUT2D eigenvalue weighted by Gasteiger charge is -2.10. The van der Waals surface area contributed by atoms with E-state index in [0.29, 0.717) is 5.56 Å². The molecule has 1 aromatic heterocycles.